The van der Waals surface area contributed by atoms with Crippen molar-refractivity contribution in [2.45, 2.75) is 59.8 Å². The Morgan fingerprint density at radius 2 is 1.16 bits per heavy atom. The van der Waals surface area contributed by atoms with Crippen molar-refractivity contribution in [3.63, 3.8) is 0 Å². The third-order valence-corrected chi connectivity index (χ3v) is 3.36. The van der Waals surface area contributed by atoms with E-state index in [1.807, 2.05) is 0 Å². The molecule has 0 bridgehead atoms. The number of hydrogen-bond acceptors (Lipinski definition) is 0. The fraction of sp³-hybridized carbons (Fsp3) is 0.733. The van der Waals surface area contributed by atoms with Gasteiger partial charge in [0.15, 0.2) is 0 Å². The normalized spacial score (nSPS) is 20.7. The van der Waals surface area contributed by atoms with Crippen LogP contribution >= 0.6 is 0 Å². The quantitative estimate of drug-likeness (QED) is 0.447. The van der Waals surface area contributed by atoms with Gasteiger partial charge in [-0.3, -0.25) is 0 Å². The average Bonchev–Trinajstić information content (AvgIpc) is 2.14. The Bertz CT molecular complexity index is 316. The number of hydrogen-bond donors (Lipinski definition) is 0. The van der Waals surface area contributed by atoms with Gasteiger partial charge in [-0.2, -0.15) is 13.2 Å². The van der Waals surface area contributed by atoms with Gasteiger partial charge in [0.05, 0.1) is 0 Å². The van der Waals surface area contributed by atoms with Gasteiger partial charge in [-0.15, -0.1) is 0 Å². The van der Waals surface area contributed by atoms with Crippen LogP contribution in [0.4, 0.5) is 17.6 Å². The van der Waals surface area contributed by atoms with E-state index in [1.54, 1.807) is 45.1 Å². The van der Waals surface area contributed by atoms with E-state index in [0.29, 0.717) is 0 Å². The zero-order chi connectivity index (χ0) is 15.5. The predicted octanol–water partition coefficient (Wildman–Crippen LogP) is 5.85. The lowest BCUT2D eigenvalue weighted by atomic mass is 9.68. The summed E-state index contributed by atoms with van der Waals surface area (Å²) in [7, 11) is 0. The molecule has 112 valence electrons. The molecule has 0 nitrogen and oxygen atoms in total. The summed E-state index contributed by atoms with van der Waals surface area (Å²) < 4.78 is 54.3. The van der Waals surface area contributed by atoms with Crippen molar-refractivity contribution in [2.75, 3.05) is 0 Å². The molecule has 0 rings (SSSR count). The molecule has 1 unspecified atom stereocenters. The molecule has 0 amide bonds. The van der Waals surface area contributed by atoms with Crippen LogP contribution in [0.25, 0.3) is 0 Å². The number of alkyl halides is 4. The fourth-order valence-corrected chi connectivity index (χ4v) is 2.25. The highest BCUT2D eigenvalue weighted by atomic mass is 19.4. The van der Waals surface area contributed by atoms with Crippen LogP contribution in [0.3, 0.4) is 0 Å². The SMILES string of the molecule is CC=CC(C)(C=CC)CC(F)(C(C)(C)C)C(F)(F)F. The standard InChI is InChI=1S/C15H24F4/c1-7-9-13(6,10-8-2)11-14(16,12(3,4)5)15(17,18)19/h7-10H,11H2,1-6H3. The Morgan fingerprint density at radius 1 is 0.789 bits per heavy atom. The fourth-order valence-electron chi connectivity index (χ4n) is 2.25. The first-order chi connectivity index (χ1) is 8.33. The van der Waals surface area contributed by atoms with Gasteiger partial charge in [-0.05, 0) is 13.8 Å². The second-order valence-electron chi connectivity index (χ2n) is 6.23. The molecule has 0 saturated heterocycles. The maximum atomic E-state index is 14.8. The van der Waals surface area contributed by atoms with E-state index in [1.165, 1.54) is 20.8 Å². The third-order valence-electron chi connectivity index (χ3n) is 3.36. The van der Waals surface area contributed by atoms with Crippen LogP contribution < -0.4 is 0 Å². The summed E-state index contributed by atoms with van der Waals surface area (Å²) in [6, 6.07) is 0. The Kier molecular flexibility index (Phi) is 5.44. The van der Waals surface area contributed by atoms with Crippen molar-refractivity contribution >= 4 is 0 Å². The molecule has 0 aliphatic carbocycles. The van der Waals surface area contributed by atoms with Gasteiger partial charge in [0.1, 0.15) is 0 Å². The zero-order valence-electron chi connectivity index (χ0n) is 12.5. The van der Waals surface area contributed by atoms with Gasteiger partial charge < -0.3 is 0 Å². The van der Waals surface area contributed by atoms with Gasteiger partial charge in [0.2, 0.25) is 5.67 Å². The molecule has 0 aliphatic heterocycles. The summed E-state index contributed by atoms with van der Waals surface area (Å²) >= 11 is 0. The van der Waals surface area contributed by atoms with Crippen LogP contribution in [0.1, 0.15) is 48.0 Å². The molecule has 0 spiro atoms. The van der Waals surface area contributed by atoms with Crippen molar-refractivity contribution in [2.24, 2.45) is 10.8 Å². The average molecular weight is 280 g/mol. The third kappa shape index (κ3) is 4.08. The minimum Gasteiger partial charge on any atom is -0.233 e. The molecule has 0 aromatic rings. The monoisotopic (exact) mass is 280 g/mol. The Morgan fingerprint density at radius 3 is 1.37 bits per heavy atom. The largest absolute Gasteiger partial charge is 0.423 e. The highest BCUT2D eigenvalue weighted by molar-refractivity contribution is 5.14. The maximum Gasteiger partial charge on any atom is 0.423 e. The summed E-state index contributed by atoms with van der Waals surface area (Å²) in [5, 5.41) is 0. The Balaban J connectivity index is 5.70. The molecule has 0 aromatic heterocycles. The van der Waals surface area contributed by atoms with Crippen molar-refractivity contribution < 1.29 is 17.6 Å². The van der Waals surface area contributed by atoms with Crippen molar-refractivity contribution in [3.05, 3.63) is 24.3 Å². The van der Waals surface area contributed by atoms with Gasteiger partial charge in [0.25, 0.3) is 0 Å². The number of halogens is 4. The molecule has 0 heterocycles. The smallest absolute Gasteiger partial charge is 0.233 e. The molecule has 19 heavy (non-hydrogen) atoms. The second kappa shape index (κ2) is 5.68. The van der Waals surface area contributed by atoms with E-state index in [0.717, 1.165) is 0 Å². The van der Waals surface area contributed by atoms with E-state index in [2.05, 4.69) is 0 Å². The van der Waals surface area contributed by atoms with E-state index < -0.39 is 29.1 Å². The van der Waals surface area contributed by atoms with Crippen LogP contribution in [0, 0.1) is 10.8 Å². The topological polar surface area (TPSA) is 0 Å². The van der Waals surface area contributed by atoms with Gasteiger partial charge in [-0.25, -0.2) is 4.39 Å². The molecule has 1 atom stereocenters. The maximum absolute atomic E-state index is 14.8. The van der Waals surface area contributed by atoms with Crippen LogP contribution in [0.15, 0.2) is 24.3 Å². The lowest BCUT2D eigenvalue weighted by Crippen LogP contribution is -2.53. The molecule has 0 aromatic carbocycles. The minimum absolute atomic E-state index is 0.623. The second-order valence-corrected chi connectivity index (χ2v) is 6.23. The summed E-state index contributed by atoms with van der Waals surface area (Å²) in [6.07, 6.45) is 1.01. The van der Waals surface area contributed by atoms with E-state index in [4.69, 9.17) is 0 Å². The molecule has 4 heteroatoms. The van der Waals surface area contributed by atoms with E-state index in [9.17, 15) is 17.6 Å². The highest BCUT2D eigenvalue weighted by Crippen LogP contribution is 2.53. The molecular weight excluding hydrogens is 256 g/mol. The van der Waals surface area contributed by atoms with Crippen molar-refractivity contribution in [3.8, 4) is 0 Å². The van der Waals surface area contributed by atoms with Gasteiger partial charge in [-0.1, -0.05) is 52.0 Å². The van der Waals surface area contributed by atoms with E-state index >= 15 is 0 Å². The van der Waals surface area contributed by atoms with Crippen LogP contribution in [0.5, 0.6) is 0 Å². The number of rotatable bonds is 4. The zero-order valence-corrected chi connectivity index (χ0v) is 12.5. The Labute approximate surface area is 113 Å². The molecule has 0 radical (unpaired) electrons. The highest BCUT2D eigenvalue weighted by Gasteiger charge is 2.63. The van der Waals surface area contributed by atoms with Crippen molar-refractivity contribution in [1.29, 1.82) is 0 Å². The minimum atomic E-state index is -4.89. The summed E-state index contributed by atoms with van der Waals surface area (Å²) in [5.74, 6) is 0. The first-order valence-electron chi connectivity index (χ1n) is 6.36. The molecule has 0 fully saturated rings. The molecular formula is C15H24F4. The Hall–Kier alpha value is -0.800. The summed E-state index contributed by atoms with van der Waals surface area (Å²) in [5.41, 5.74) is -5.72. The molecule has 0 aliphatic rings. The van der Waals surface area contributed by atoms with Crippen LogP contribution in [-0.2, 0) is 0 Å². The first-order valence-corrected chi connectivity index (χ1v) is 6.36. The van der Waals surface area contributed by atoms with Gasteiger partial charge in [0, 0.05) is 17.3 Å². The summed E-state index contributed by atoms with van der Waals surface area (Å²) in [6.45, 7) is 8.89. The molecule has 0 N–H and O–H groups in total. The first kappa shape index (κ1) is 18.2. The summed E-state index contributed by atoms with van der Waals surface area (Å²) in [4.78, 5) is 0. The lowest BCUT2D eigenvalue weighted by Gasteiger charge is -2.43. The molecule has 0 saturated carbocycles. The van der Waals surface area contributed by atoms with Crippen molar-refractivity contribution in [1.82, 2.24) is 0 Å². The van der Waals surface area contributed by atoms with Crippen LogP contribution in [-0.4, -0.2) is 11.8 Å². The number of allylic oxidation sites excluding steroid dienone is 4. The van der Waals surface area contributed by atoms with E-state index in [-0.39, 0.29) is 0 Å². The lowest BCUT2D eigenvalue weighted by molar-refractivity contribution is -0.270. The predicted molar refractivity (Wildman–Crippen MR) is 71.7 cm³/mol. The van der Waals surface area contributed by atoms with Gasteiger partial charge >= 0.3 is 6.18 Å². The van der Waals surface area contributed by atoms with Crippen LogP contribution in [0.2, 0.25) is 0 Å².